The highest BCUT2D eigenvalue weighted by molar-refractivity contribution is 6.05. The normalized spacial score (nSPS) is 11.1. The van der Waals surface area contributed by atoms with E-state index in [1.807, 2.05) is 24.3 Å². The summed E-state index contributed by atoms with van der Waals surface area (Å²) in [6.07, 6.45) is 0. The molecule has 0 aliphatic carbocycles. The SMILES string of the molecule is CCOC(=O)c1cc(=O)c2c(o1)c1ccccc1n2C. The Bertz CT molecular complexity index is 873. The molecule has 3 aromatic rings. The van der Waals surface area contributed by atoms with E-state index in [9.17, 15) is 9.59 Å². The molecule has 0 N–H and O–H groups in total. The molecule has 0 unspecified atom stereocenters. The smallest absolute Gasteiger partial charge is 0.374 e. The van der Waals surface area contributed by atoms with Crippen LogP contribution in [0.2, 0.25) is 0 Å². The summed E-state index contributed by atoms with van der Waals surface area (Å²) in [5.74, 6) is -0.694. The van der Waals surface area contributed by atoms with Crippen LogP contribution < -0.4 is 5.43 Å². The monoisotopic (exact) mass is 271 g/mol. The molecule has 0 bridgehead atoms. The predicted molar refractivity (Wildman–Crippen MR) is 74.9 cm³/mol. The third-order valence-corrected chi connectivity index (χ3v) is 3.24. The van der Waals surface area contributed by atoms with Crippen molar-refractivity contribution >= 4 is 28.0 Å². The first-order valence-electron chi connectivity index (χ1n) is 6.32. The molecule has 1 aromatic carbocycles. The van der Waals surface area contributed by atoms with Gasteiger partial charge >= 0.3 is 5.97 Å². The second kappa shape index (κ2) is 4.52. The number of hydrogen-bond acceptors (Lipinski definition) is 4. The summed E-state index contributed by atoms with van der Waals surface area (Å²) in [4.78, 5) is 23.9. The quantitative estimate of drug-likeness (QED) is 0.672. The Labute approximate surface area is 114 Å². The van der Waals surface area contributed by atoms with E-state index in [-0.39, 0.29) is 17.8 Å². The Kier molecular flexibility index (Phi) is 2.82. The van der Waals surface area contributed by atoms with E-state index >= 15 is 0 Å². The average molecular weight is 271 g/mol. The molecule has 0 spiro atoms. The van der Waals surface area contributed by atoms with E-state index in [0.29, 0.717) is 11.1 Å². The Hall–Kier alpha value is -2.56. The molecule has 0 aliphatic rings. The minimum atomic E-state index is -0.626. The molecule has 0 radical (unpaired) electrons. The fourth-order valence-corrected chi connectivity index (χ4v) is 2.37. The molecular weight excluding hydrogens is 258 g/mol. The summed E-state index contributed by atoms with van der Waals surface area (Å²) in [6.45, 7) is 1.93. The summed E-state index contributed by atoms with van der Waals surface area (Å²) in [7, 11) is 1.80. The standard InChI is InChI=1S/C15H13NO4/c1-3-19-15(18)12-8-11(17)13-14(20-12)9-6-4-5-7-10(9)16(13)2/h4-8H,3H2,1-2H3. The number of fused-ring (bicyclic) bond motifs is 3. The first-order chi connectivity index (χ1) is 9.63. The van der Waals surface area contributed by atoms with Crippen molar-refractivity contribution in [1.82, 2.24) is 4.57 Å². The van der Waals surface area contributed by atoms with Gasteiger partial charge < -0.3 is 13.7 Å². The van der Waals surface area contributed by atoms with Gasteiger partial charge in [-0.3, -0.25) is 4.79 Å². The molecule has 0 atom stereocenters. The van der Waals surface area contributed by atoms with Crippen LogP contribution in [0.1, 0.15) is 17.5 Å². The van der Waals surface area contributed by atoms with Crippen LogP contribution in [-0.4, -0.2) is 17.1 Å². The van der Waals surface area contributed by atoms with Gasteiger partial charge in [-0.15, -0.1) is 0 Å². The highest BCUT2D eigenvalue weighted by atomic mass is 16.5. The third kappa shape index (κ3) is 1.71. The van der Waals surface area contributed by atoms with E-state index in [2.05, 4.69) is 0 Å². The largest absolute Gasteiger partial charge is 0.460 e. The van der Waals surface area contributed by atoms with E-state index in [0.717, 1.165) is 10.9 Å². The number of aryl methyl sites for hydroxylation is 1. The summed E-state index contributed by atoms with van der Waals surface area (Å²) in [5, 5.41) is 0.799. The van der Waals surface area contributed by atoms with Crippen molar-refractivity contribution in [2.45, 2.75) is 6.92 Å². The summed E-state index contributed by atoms with van der Waals surface area (Å²) >= 11 is 0. The minimum absolute atomic E-state index is 0.0688. The number of nitrogens with zero attached hydrogens (tertiary/aromatic N) is 1. The van der Waals surface area contributed by atoms with Crippen LogP contribution in [0.15, 0.2) is 39.5 Å². The van der Waals surface area contributed by atoms with Crippen molar-refractivity contribution in [1.29, 1.82) is 0 Å². The van der Waals surface area contributed by atoms with Crippen LogP contribution in [0.4, 0.5) is 0 Å². The Morgan fingerprint density at radius 3 is 2.85 bits per heavy atom. The molecule has 3 rings (SSSR count). The second-order valence-electron chi connectivity index (χ2n) is 4.45. The highest BCUT2D eigenvalue weighted by Gasteiger charge is 2.18. The molecule has 20 heavy (non-hydrogen) atoms. The van der Waals surface area contributed by atoms with Gasteiger partial charge in [-0.2, -0.15) is 0 Å². The fourth-order valence-electron chi connectivity index (χ4n) is 2.37. The Balaban J connectivity index is 2.39. The van der Waals surface area contributed by atoms with Crippen molar-refractivity contribution in [2.24, 2.45) is 7.05 Å². The van der Waals surface area contributed by atoms with Gasteiger partial charge in [0.1, 0.15) is 5.52 Å². The van der Waals surface area contributed by atoms with E-state index in [1.54, 1.807) is 18.5 Å². The molecule has 2 heterocycles. The average Bonchev–Trinajstić information content (AvgIpc) is 2.74. The number of rotatable bonds is 2. The minimum Gasteiger partial charge on any atom is -0.460 e. The van der Waals surface area contributed by atoms with Crippen molar-refractivity contribution in [3.63, 3.8) is 0 Å². The molecule has 0 aliphatic heterocycles. The van der Waals surface area contributed by atoms with Gasteiger partial charge in [0, 0.05) is 18.5 Å². The van der Waals surface area contributed by atoms with Crippen LogP contribution in [0.5, 0.6) is 0 Å². The molecule has 102 valence electrons. The number of esters is 1. The number of aromatic nitrogens is 1. The Morgan fingerprint density at radius 2 is 2.10 bits per heavy atom. The highest BCUT2D eigenvalue weighted by Crippen LogP contribution is 2.26. The molecule has 5 heteroatoms. The maximum atomic E-state index is 12.2. The van der Waals surface area contributed by atoms with Gasteiger partial charge in [0.2, 0.25) is 11.2 Å². The zero-order chi connectivity index (χ0) is 14.3. The van der Waals surface area contributed by atoms with E-state index in [1.165, 1.54) is 6.07 Å². The lowest BCUT2D eigenvalue weighted by Gasteiger charge is -2.01. The Morgan fingerprint density at radius 1 is 1.35 bits per heavy atom. The molecule has 0 saturated heterocycles. The summed E-state index contributed by atoms with van der Waals surface area (Å²) < 4.78 is 12.2. The fraction of sp³-hybridized carbons (Fsp3) is 0.200. The van der Waals surface area contributed by atoms with Crippen molar-refractivity contribution in [3.05, 3.63) is 46.3 Å². The maximum absolute atomic E-state index is 12.2. The first kappa shape index (κ1) is 12.5. The lowest BCUT2D eigenvalue weighted by Crippen LogP contribution is -2.11. The van der Waals surface area contributed by atoms with Gasteiger partial charge in [0.15, 0.2) is 5.58 Å². The number of carbonyl (C=O) groups is 1. The van der Waals surface area contributed by atoms with Crippen molar-refractivity contribution < 1.29 is 13.9 Å². The lowest BCUT2D eigenvalue weighted by molar-refractivity contribution is 0.0491. The van der Waals surface area contributed by atoms with Gasteiger partial charge in [0.25, 0.3) is 0 Å². The molecule has 2 aromatic heterocycles. The topological polar surface area (TPSA) is 61.4 Å². The van der Waals surface area contributed by atoms with Crippen LogP contribution in [0.3, 0.4) is 0 Å². The second-order valence-corrected chi connectivity index (χ2v) is 4.45. The number of benzene rings is 1. The van der Waals surface area contributed by atoms with E-state index < -0.39 is 5.97 Å². The summed E-state index contributed by atoms with van der Waals surface area (Å²) in [5.41, 5.74) is 1.48. The van der Waals surface area contributed by atoms with Gasteiger partial charge in [-0.25, -0.2) is 4.79 Å². The van der Waals surface area contributed by atoms with E-state index in [4.69, 9.17) is 9.15 Å². The number of ether oxygens (including phenoxy) is 1. The molecular formula is C15H13NO4. The van der Waals surface area contributed by atoms with Gasteiger partial charge in [-0.05, 0) is 19.1 Å². The van der Waals surface area contributed by atoms with Crippen molar-refractivity contribution in [3.8, 4) is 0 Å². The maximum Gasteiger partial charge on any atom is 0.374 e. The third-order valence-electron chi connectivity index (χ3n) is 3.24. The predicted octanol–water partition coefficient (Wildman–Crippen LogP) is 2.46. The molecule has 5 nitrogen and oxygen atoms in total. The van der Waals surface area contributed by atoms with Crippen LogP contribution in [0.25, 0.3) is 22.0 Å². The van der Waals surface area contributed by atoms with Crippen LogP contribution in [0, 0.1) is 0 Å². The number of hydrogen-bond donors (Lipinski definition) is 0. The zero-order valence-electron chi connectivity index (χ0n) is 11.2. The van der Waals surface area contributed by atoms with Gasteiger partial charge in [-0.1, -0.05) is 12.1 Å². The lowest BCUT2D eigenvalue weighted by atomic mass is 10.2. The van der Waals surface area contributed by atoms with Crippen LogP contribution >= 0.6 is 0 Å². The zero-order valence-corrected chi connectivity index (χ0v) is 11.2. The molecule has 0 fully saturated rings. The van der Waals surface area contributed by atoms with Gasteiger partial charge in [0.05, 0.1) is 12.1 Å². The van der Waals surface area contributed by atoms with Crippen LogP contribution in [-0.2, 0) is 11.8 Å². The first-order valence-corrected chi connectivity index (χ1v) is 6.32. The number of carbonyl (C=O) groups excluding carboxylic acids is 1. The molecule has 0 saturated carbocycles. The molecule has 0 amide bonds. The summed E-state index contributed by atoms with van der Waals surface area (Å²) in [6, 6.07) is 8.68. The number of para-hydroxylation sites is 1. The van der Waals surface area contributed by atoms with Crippen molar-refractivity contribution in [2.75, 3.05) is 6.61 Å².